The molecule has 0 fully saturated rings. The number of hydrogen-bond acceptors (Lipinski definition) is 3. The lowest BCUT2D eigenvalue weighted by Crippen LogP contribution is -2.37. The van der Waals surface area contributed by atoms with Gasteiger partial charge >= 0.3 is 12.6 Å². The fourth-order valence-electron chi connectivity index (χ4n) is 1.87. The van der Waals surface area contributed by atoms with Crippen molar-refractivity contribution < 1.29 is 23.4 Å². The Balaban J connectivity index is 2.80. The number of halogens is 3. The molecule has 0 aliphatic rings. The summed E-state index contributed by atoms with van der Waals surface area (Å²) in [6, 6.07) is 3.90. The average Bonchev–Trinajstić information content (AvgIpc) is 2.36. The molecule has 0 saturated carbocycles. The van der Waals surface area contributed by atoms with Crippen molar-refractivity contribution in [2.24, 2.45) is 5.92 Å². The van der Waals surface area contributed by atoms with Gasteiger partial charge in [-0.2, -0.15) is 8.78 Å². The lowest BCUT2D eigenvalue weighted by Gasteiger charge is -2.18. The third-order valence-corrected chi connectivity index (χ3v) is 3.28. The first-order valence-electron chi connectivity index (χ1n) is 6.49. The maximum atomic E-state index is 12.4. The van der Waals surface area contributed by atoms with Gasteiger partial charge in [0.15, 0.2) is 0 Å². The minimum absolute atomic E-state index is 0.0365. The molecule has 7 heteroatoms. The number of hydrogen-bond donors (Lipinski definition) is 2. The van der Waals surface area contributed by atoms with Crippen molar-refractivity contribution in [3.63, 3.8) is 0 Å². The Morgan fingerprint density at radius 1 is 1.43 bits per heavy atom. The van der Waals surface area contributed by atoms with Gasteiger partial charge < -0.3 is 15.2 Å². The molecule has 0 spiro atoms. The fraction of sp³-hybridized carbons (Fsp3) is 0.500. The van der Waals surface area contributed by atoms with E-state index in [1.54, 1.807) is 12.1 Å². The SMILES string of the molecule is CC(C)CC(NCc1cc(Br)ccc1OC(F)F)C(=O)O. The molecular weight excluding hydrogens is 348 g/mol. The predicted molar refractivity (Wildman–Crippen MR) is 78.5 cm³/mol. The Bertz CT molecular complexity index is 483. The van der Waals surface area contributed by atoms with Gasteiger partial charge in [0.05, 0.1) is 0 Å². The third kappa shape index (κ3) is 6.39. The molecule has 0 aliphatic heterocycles. The van der Waals surface area contributed by atoms with E-state index in [0.29, 0.717) is 16.5 Å². The molecule has 0 bridgehead atoms. The van der Waals surface area contributed by atoms with E-state index < -0.39 is 18.6 Å². The number of carboxylic acid groups (broad SMARTS) is 1. The van der Waals surface area contributed by atoms with Crippen LogP contribution in [0.2, 0.25) is 0 Å². The molecule has 0 heterocycles. The highest BCUT2D eigenvalue weighted by Crippen LogP contribution is 2.25. The molecule has 1 unspecified atom stereocenters. The van der Waals surface area contributed by atoms with Crippen LogP contribution in [0, 0.1) is 5.92 Å². The van der Waals surface area contributed by atoms with Crippen molar-refractivity contribution in [2.45, 2.75) is 39.5 Å². The van der Waals surface area contributed by atoms with Crippen molar-refractivity contribution in [2.75, 3.05) is 0 Å². The highest BCUT2D eigenvalue weighted by atomic mass is 79.9. The molecule has 1 atom stereocenters. The zero-order valence-corrected chi connectivity index (χ0v) is 13.4. The van der Waals surface area contributed by atoms with Crippen LogP contribution in [0.15, 0.2) is 22.7 Å². The smallest absolute Gasteiger partial charge is 0.387 e. The van der Waals surface area contributed by atoms with E-state index in [1.165, 1.54) is 6.07 Å². The molecule has 0 aromatic heterocycles. The van der Waals surface area contributed by atoms with E-state index in [-0.39, 0.29) is 18.2 Å². The van der Waals surface area contributed by atoms with Gasteiger partial charge in [0, 0.05) is 16.6 Å². The van der Waals surface area contributed by atoms with Crippen molar-refractivity contribution in [3.05, 3.63) is 28.2 Å². The Labute approximate surface area is 130 Å². The van der Waals surface area contributed by atoms with Gasteiger partial charge in [0.2, 0.25) is 0 Å². The summed E-state index contributed by atoms with van der Waals surface area (Å²) in [6.07, 6.45) is 0.453. The fourth-order valence-corrected chi connectivity index (χ4v) is 2.28. The largest absolute Gasteiger partial charge is 0.480 e. The highest BCUT2D eigenvalue weighted by molar-refractivity contribution is 9.10. The van der Waals surface area contributed by atoms with E-state index in [9.17, 15) is 13.6 Å². The lowest BCUT2D eigenvalue weighted by atomic mass is 10.0. The first-order valence-corrected chi connectivity index (χ1v) is 7.28. The molecule has 0 saturated heterocycles. The molecule has 1 aromatic carbocycles. The molecular formula is C14H18BrF2NO3. The summed E-state index contributed by atoms with van der Waals surface area (Å²) < 4.78 is 29.8. The first-order chi connectivity index (χ1) is 9.79. The van der Waals surface area contributed by atoms with Gasteiger partial charge in [0.1, 0.15) is 11.8 Å². The molecule has 21 heavy (non-hydrogen) atoms. The van der Waals surface area contributed by atoms with E-state index >= 15 is 0 Å². The molecule has 0 aliphatic carbocycles. The summed E-state index contributed by atoms with van der Waals surface area (Å²) >= 11 is 3.25. The second kappa shape index (κ2) is 8.29. The molecule has 4 nitrogen and oxygen atoms in total. The predicted octanol–water partition coefficient (Wildman–Crippen LogP) is 3.64. The molecule has 0 amide bonds. The van der Waals surface area contributed by atoms with Crippen LogP contribution in [-0.2, 0) is 11.3 Å². The zero-order valence-electron chi connectivity index (χ0n) is 11.8. The summed E-state index contributed by atoms with van der Waals surface area (Å²) in [6.45, 7) is 1.05. The van der Waals surface area contributed by atoms with Crippen LogP contribution in [-0.4, -0.2) is 23.7 Å². The highest BCUT2D eigenvalue weighted by Gasteiger charge is 2.19. The van der Waals surface area contributed by atoms with Crippen LogP contribution >= 0.6 is 15.9 Å². The maximum Gasteiger partial charge on any atom is 0.387 e. The van der Waals surface area contributed by atoms with Crippen LogP contribution in [0.5, 0.6) is 5.75 Å². The van der Waals surface area contributed by atoms with Gasteiger partial charge in [-0.05, 0) is 30.5 Å². The van der Waals surface area contributed by atoms with Gasteiger partial charge in [-0.3, -0.25) is 4.79 Å². The quantitative estimate of drug-likeness (QED) is 0.738. The van der Waals surface area contributed by atoms with Gasteiger partial charge in [-0.1, -0.05) is 29.8 Å². The Morgan fingerprint density at radius 2 is 2.10 bits per heavy atom. The van der Waals surface area contributed by atoms with Gasteiger partial charge in [0.25, 0.3) is 0 Å². The minimum atomic E-state index is -2.92. The Kier molecular flexibility index (Phi) is 7.04. The van der Waals surface area contributed by atoms with Gasteiger partial charge in [-0.15, -0.1) is 0 Å². The van der Waals surface area contributed by atoms with Crippen molar-refractivity contribution in [3.8, 4) is 5.75 Å². The summed E-state index contributed by atoms with van der Waals surface area (Å²) in [4.78, 5) is 11.2. The number of carboxylic acids is 1. The van der Waals surface area contributed by atoms with Crippen molar-refractivity contribution >= 4 is 21.9 Å². The monoisotopic (exact) mass is 365 g/mol. The number of ether oxygens (including phenoxy) is 1. The summed E-state index contributed by atoms with van der Waals surface area (Å²) in [5.74, 6) is -0.720. The zero-order chi connectivity index (χ0) is 16.0. The van der Waals surface area contributed by atoms with Crippen LogP contribution < -0.4 is 10.1 Å². The number of carbonyl (C=O) groups is 1. The van der Waals surface area contributed by atoms with E-state index in [2.05, 4.69) is 26.0 Å². The number of benzene rings is 1. The molecule has 0 radical (unpaired) electrons. The van der Waals surface area contributed by atoms with E-state index in [4.69, 9.17) is 5.11 Å². The topological polar surface area (TPSA) is 58.6 Å². The molecule has 2 N–H and O–H groups in total. The summed E-state index contributed by atoms with van der Waals surface area (Å²) in [5.41, 5.74) is 0.472. The second-order valence-corrected chi connectivity index (χ2v) is 5.95. The number of rotatable bonds is 8. The number of nitrogens with one attached hydrogen (secondary N) is 1. The lowest BCUT2D eigenvalue weighted by molar-refractivity contribution is -0.140. The molecule has 118 valence electrons. The van der Waals surface area contributed by atoms with E-state index in [1.807, 2.05) is 13.8 Å². The third-order valence-electron chi connectivity index (χ3n) is 2.78. The first kappa shape index (κ1) is 17.8. The van der Waals surface area contributed by atoms with E-state index in [0.717, 1.165) is 0 Å². The molecule has 1 rings (SSSR count). The van der Waals surface area contributed by atoms with Crippen LogP contribution in [0.4, 0.5) is 8.78 Å². The normalized spacial score (nSPS) is 12.7. The molecule has 1 aromatic rings. The minimum Gasteiger partial charge on any atom is -0.480 e. The average molecular weight is 366 g/mol. The van der Waals surface area contributed by atoms with Gasteiger partial charge in [-0.25, -0.2) is 0 Å². The van der Waals surface area contributed by atoms with Crippen LogP contribution in [0.25, 0.3) is 0 Å². The Morgan fingerprint density at radius 3 is 2.62 bits per heavy atom. The van der Waals surface area contributed by atoms with Crippen LogP contribution in [0.1, 0.15) is 25.8 Å². The summed E-state index contributed by atoms with van der Waals surface area (Å²) in [7, 11) is 0. The number of aliphatic carboxylic acids is 1. The maximum absolute atomic E-state index is 12.4. The van der Waals surface area contributed by atoms with Crippen LogP contribution in [0.3, 0.4) is 0 Å². The Hall–Kier alpha value is -1.21. The number of alkyl halides is 2. The van der Waals surface area contributed by atoms with Crippen molar-refractivity contribution in [1.29, 1.82) is 0 Å². The van der Waals surface area contributed by atoms with Crippen molar-refractivity contribution in [1.82, 2.24) is 5.32 Å². The second-order valence-electron chi connectivity index (χ2n) is 5.03. The summed E-state index contributed by atoms with van der Waals surface area (Å²) in [5, 5.41) is 12.0. The standard InChI is InChI=1S/C14H18BrF2NO3/c1-8(2)5-11(13(19)20)18-7-9-6-10(15)3-4-12(9)21-14(16)17/h3-4,6,8,11,14,18H,5,7H2,1-2H3,(H,19,20).